The number of nitrogens with one attached hydrogen (secondary N) is 1. The Kier molecular flexibility index (Phi) is 14.3. The van der Waals surface area contributed by atoms with Gasteiger partial charge in [-0.15, -0.1) is 49.6 Å². The molecule has 13 heteroatoms. The van der Waals surface area contributed by atoms with Crippen molar-refractivity contribution in [3.05, 3.63) is 64.8 Å². The number of halogens is 4. The lowest BCUT2D eigenvalue weighted by atomic mass is 9.99. The molecule has 9 nitrogen and oxygen atoms in total. The van der Waals surface area contributed by atoms with E-state index in [1.54, 1.807) is 29.9 Å². The zero-order chi connectivity index (χ0) is 25.9. The quantitative estimate of drug-likeness (QED) is 0.428. The van der Waals surface area contributed by atoms with Crippen LogP contribution in [0.4, 0.5) is 11.6 Å². The molecule has 42 heavy (non-hydrogen) atoms. The van der Waals surface area contributed by atoms with Crippen LogP contribution >= 0.6 is 49.6 Å². The molecule has 0 unspecified atom stereocenters. The van der Waals surface area contributed by atoms with E-state index in [-0.39, 0.29) is 61.2 Å². The first-order valence-electron chi connectivity index (χ1n) is 14.1. The van der Waals surface area contributed by atoms with E-state index >= 15 is 0 Å². The van der Waals surface area contributed by atoms with Crippen LogP contribution in [0.1, 0.15) is 43.7 Å². The lowest BCUT2D eigenvalue weighted by Crippen LogP contribution is -2.48. The Morgan fingerprint density at radius 3 is 2.21 bits per heavy atom. The minimum atomic E-state index is -0.0906. The van der Waals surface area contributed by atoms with Gasteiger partial charge in [-0.25, -0.2) is 15.0 Å². The predicted octanol–water partition coefficient (Wildman–Crippen LogP) is 4.53. The van der Waals surface area contributed by atoms with Gasteiger partial charge >= 0.3 is 0 Å². The molecule has 3 aliphatic rings. The van der Waals surface area contributed by atoms with Gasteiger partial charge in [0, 0.05) is 69.8 Å². The van der Waals surface area contributed by atoms with Crippen LogP contribution in [0.3, 0.4) is 0 Å². The van der Waals surface area contributed by atoms with Crippen LogP contribution in [-0.2, 0) is 7.05 Å². The zero-order valence-corrected chi connectivity index (χ0v) is 27.2. The van der Waals surface area contributed by atoms with Gasteiger partial charge in [-0.2, -0.15) is 0 Å². The molecule has 0 aliphatic carbocycles. The number of rotatable bonds is 5. The summed E-state index contributed by atoms with van der Waals surface area (Å²) in [5, 5.41) is 3.66. The highest BCUT2D eigenvalue weighted by atomic mass is 35.5. The Hall–Kier alpha value is -2.14. The maximum atomic E-state index is 12.8. The largest absolute Gasteiger partial charge is 0.371 e. The molecule has 3 aromatic rings. The topological polar surface area (TPSA) is 82.4 Å². The molecule has 0 spiro atoms. The van der Waals surface area contributed by atoms with E-state index in [9.17, 15) is 4.79 Å². The standard InChI is InChI=1S/C29H38N8O.4ClH/c1-34-28(38)19-26(25-9-12-30-21-32-25)33-29(34)37-18-13-31-27(20-37)22-5-7-23(8-6-22)36-16-10-24(11-17-36)35-14-3-2-4-15-35;;;;/h5-9,12,19,21,24,27,31H,2-4,10-11,13-18,20H2,1H3;4*1H/t27-;;;;/m1..../s1. The van der Waals surface area contributed by atoms with Crippen molar-refractivity contribution < 1.29 is 0 Å². The first-order valence-corrected chi connectivity index (χ1v) is 14.1. The highest BCUT2D eigenvalue weighted by molar-refractivity contribution is 5.86. The second kappa shape index (κ2) is 16.6. The molecule has 0 saturated carbocycles. The second-order valence-corrected chi connectivity index (χ2v) is 10.8. The third-order valence-corrected chi connectivity index (χ3v) is 8.45. The average molecular weight is 661 g/mol. The molecule has 1 atom stereocenters. The number of hydrogen-bond acceptors (Lipinski definition) is 8. The van der Waals surface area contributed by atoms with Crippen molar-refractivity contribution in [2.45, 2.75) is 44.2 Å². The van der Waals surface area contributed by atoms with Crippen molar-refractivity contribution in [1.82, 2.24) is 29.7 Å². The number of anilines is 2. The van der Waals surface area contributed by atoms with Crippen LogP contribution in [0.25, 0.3) is 11.4 Å². The summed E-state index contributed by atoms with van der Waals surface area (Å²) in [5.74, 6) is 0.672. The van der Waals surface area contributed by atoms with Gasteiger partial charge in [0.25, 0.3) is 5.56 Å². The minimum absolute atomic E-state index is 0. The smallest absolute Gasteiger partial charge is 0.255 e. The number of piperidine rings is 2. The van der Waals surface area contributed by atoms with E-state index in [1.807, 2.05) is 0 Å². The summed E-state index contributed by atoms with van der Waals surface area (Å²) in [5.41, 5.74) is 3.72. The molecule has 3 aliphatic heterocycles. The minimum Gasteiger partial charge on any atom is -0.371 e. The monoisotopic (exact) mass is 658 g/mol. The van der Waals surface area contributed by atoms with Crippen molar-refractivity contribution in [2.24, 2.45) is 7.05 Å². The molecule has 1 aromatic carbocycles. The fraction of sp³-hybridized carbons (Fsp3) is 0.517. The summed E-state index contributed by atoms with van der Waals surface area (Å²) in [6.45, 7) is 7.21. The third kappa shape index (κ3) is 8.07. The molecular formula is C29H42Cl4N8O. The summed E-state index contributed by atoms with van der Waals surface area (Å²) >= 11 is 0. The lowest BCUT2D eigenvalue weighted by Gasteiger charge is -2.41. The number of likely N-dealkylation sites (tertiary alicyclic amines) is 1. The Labute approximate surface area is 273 Å². The first-order chi connectivity index (χ1) is 18.7. The van der Waals surface area contributed by atoms with Crippen LogP contribution in [0.15, 0.2) is 53.7 Å². The Morgan fingerprint density at radius 2 is 1.55 bits per heavy atom. The zero-order valence-electron chi connectivity index (χ0n) is 23.9. The summed E-state index contributed by atoms with van der Waals surface area (Å²) in [6.07, 6.45) is 9.82. The van der Waals surface area contributed by atoms with E-state index in [1.165, 1.54) is 62.8 Å². The Morgan fingerprint density at radius 1 is 0.833 bits per heavy atom. The van der Waals surface area contributed by atoms with Gasteiger partial charge in [-0.3, -0.25) is 9.36 Å². The molecule has 232 valence electrons. The van der Waals surface area contributed by atoms with Crippen molar-refractivity contribution in [1.29, 1.82) is 0 Å². The number of piperazine rings is 1. The molecule has 0 bridgehead atoms. The van der Waals surface area contributed by atoms with E-state index in [0.717, 1.165) is 38.8 Å². The first kappa shape index (κ1) is 36.1. The van der Waals surface area contributed by atoms with Crippen molar-refractivity contribution >= 4 is 61.3 Å². The van der Waals surface area contributed by atoms with Crippen LogP contribution in [0.2, 0.25) is 0 Å². The SMILES string of the molecule is Cl.Cl.Cl.Cl.Cn1c(N2CCN[C@@H](c3ccc(N4CCC(N5CCCCC5)CC4)cc3)C2)nc(-c2ccncn2)cc1=O. The van der Waals surface area contributed by atoms with E-state index in [4.69, 9.17) is 4.98 Å². The van der Waals surface area contributed by atoms with Gasteiger partial charge in [0.05, 0.1) is 11.4 Å². The normalized spacial score (nSPS) is 19.5. The summed E-state index contributed by atoms with van der Waals surface area (Å²) < 4.78 is 1.63. The van der Waals surface area contributed by atoms with Crippen molar-refractivity contribution in [2.75, 3.05) is 55.6 Å². The Bertz CT molecular complexity index is 1280. The van der Waals surface area contributed by atoms with Gasteiger partial charge in [0.2, 0.25) is 5.95 Å². The molecule has 0 amide bonds. The van der Waals surface area contributed by atoms with Crippen LogP contribution < -0.4 is 20.7 Å². The average Bonchev–Trinajstić information content (AvgIpc) is 2.99. The molecule has 5 heterocycles. The Balaban J connectivity index is 0.00000154. The highest BCUT2D eigenvalue weighted by Crippen LogP contribution is 2.27. The fourth-order valence-electron chi connectivity index (χ4n) is 6.23. The van der Waals surface area contributed by atoms with Gasteiger partial charge < -0.3 is 20.0 Å². The van der Waals surface area contributed by atoms with Crippen LogP contribution in [0.5, 0.6) is 0 Å². The summed E-state index contributed by atoms with van der Waals surface area (Å²) in [4.78, 5) is 33.3. The number of hydrogen-bond donors (Lipinski definition) is 1. The molecule has 0 radical (unpaired) electrons. The molecule has 3 saturated heterocycles. The van der Waals surface area contributed by atoms with Gasteiger partial charge in [-0.1, -0.05) is 18.6 Å². The molecule has 6 rings (SSSR count). The number of nitrogens with zero attached hydrogens (tertiary/aromatic N) is 7. The fourth-order valence-corrected chi connectivity index (χ4v) is 6.23. The van der Waals surface area contributed by atoms with Crippen molar-refractivity contribution in [3.8, 4) is 11.4 Å². The second-order valence-electron chi connectivity index (χ2n) is 10.8. The van der Waals surface area contributed by atoms with Crippen LogP contribution in [-0.4, -0.2) is 76.3 Å². The maximum Gasteiger partial charge on any atom is 0.255 e. The molecular weight excluding hydrogens is 618 g/mol. The summed E-state index contributed by atoms with van der Waals surface area (Å²) in [7, 11) is 1.79. The molecule has 2 aromatic heterocycles. The van der Waals surface area contributed by atoms with E-state index < -0.39 is 0 Å². The maximum absolute atomic E-state index is 12.8. The third-order valence-electron chi connectivity index (χ3n) is 8.45. The lowest BCUT2D eigenvalue weighted by molar-refractivity contribution is 0.141. The predicted molar refractivity (Wildman–Crippen MR) is 180 cm³/mol. The van der Waals surface area contributed by atoms with Gasteiger partial charge in [0.1, 0.15) is 6.33 Å². The summed E-state index contributed by atoms with van der Waals surface area (Å²) in [6, 6.07) is 13.3. The van der Waals surface area contributed by atoms with Crippen LogP contribution in [0, 0.1) is 0 Å². The van der Waals surface area contributed by atoms with Crippen molar-refractivity contribution in [3.63, 3.8) is 0 Å². The van der Waals surface area contributed by atoms with Gasteiger partial charge in [0.15, 0.2) is 0 Å². The van der Waals surface area contributed by atoms with Gasteiger partial charge in [-0.05, 0) is 62.5 Å². The molecule has 3 fully saturated rings. The molecule has 1 N–H and O–H groups in total. The number of benzene rings is 1. The van der Waals surface area contributed by atoms with E-state index in [2.05, 4.69) is 54.2 Å². The number of aromatic nitrogens is 4. The van der Waals surface area contributed by atoms with E-state index in [0.29, 0.717) is 17.3 Å². The highest BCUT2D eigenvalue weighted by Gasteiger charge is 2.27.